The number of pyridine rings is 1. The van der Waals surface area contributed by atoms with Gasteiger partial charge in [-0.25, -0.2) is 19.3 Å². The van der Waals surface area contributed by atoms with E-state index in [-0.39, 0.29) is 0 Å². The van der Waals surface area contributed by atoms with Gasteiger partial charge in [0.05, 0.1) is 29.5 Å². The SMILES string of the molecule is CCOc1ncnc(C)c1-c1ccc(Oc2nccc3occc23)cc1F. The van der Waals surface area contributed by atoms with Crippen LogP contribution in [-0.4, -0.2) is 21.6 Å². The Bertz CT molecular complexity index is 1110. The zero-order valence-electron chi connectivity index (χ0n) is 14.8. The van der Waals surface area contributed by atoms with Gasteiger partial charge in [-0.05, 0) is 38.1 Å². The third-order valence-corrected chi connectivity index (χ3v) is 4.05. The molecule has 0 spiro atoms. The van der Waals surface area contributed by atoms with E-state index in [4.69, 9.17) is 13.9 Å². The summed E-state index contributed by atoms with van der Waals surface area (Å²) in [5, 5.41) is 0.716. The first-order valence-corrected chi connectivity index (χ1v) is 8.41. The standard InChI is InChI=1S/C20H16FN3O3/c1-3-25-20-18(12(2)23-11-24-20)14-5-4-13(10-16(14)21)27-19-15-7-9-26-17(15)6-8-22-19/h4-11H,3H2,1-2H3. The van der Waals surface area contributed by atoms with Gasteiger partial charge in [0.1, 0.15) is 23.5 Å². The van der Waals surface area contributed by atoms with E-state index >= 15 is 0 Å². The molecule has 136 valence electrons. The van der Waals surface area contributed by atoms with Crippen LogP contribution >= 0.6 is 0 Å². The van der Waals surface area contributed by atoms with E-state index in [9.17, 15) is 4.39 Å². The van der Waals surface area contributed by atoms with Crippen molar-refractivity contribution in [2.45, 2.75) is 13.8 Å². The fourth-order valence-electron chi connectivity index (χ4n) is 2.83. The van der Waals surface area contributed by atoms with Crippen LogP contribution in [0.15, 0.2) is 53.5 Å². The highest BCUT2D eigenvalue weighted by atomic mass is 19.1. The Kier molecular flexibility index (Phi) is 4.42. The van der Waals surface area contributed by atoms with Crippen molar-refractivity contribution in [1.82, 2.24) is 15.0 Å². The number of fused-ring (bicyclic) bond motifs is 1. The summed E-state index contributed by atoms with van der Waals surface area (Å²) in [6, 6.07) is 8.08. The van der Waals surface area contributed by atoms with Crippen molar-refractivity contribution in [2.75, 3.05) is 6.61 Å². The Hall–Kier alpha value is -3.48. The highest BCUT2D eigenvalue weighted by Crippen LogP contribution is 2.35. The van der Waals surface area contributed by atoms with Gasteiger partial charge in [0.25, 0.3) is 0 Å². The minimum Gasteiger partial charge on any atom is -0.477 e. The molecule has 4 rings (SSSR count). The monoisotopic (exact) mass is 365 g/mol. The molecule has 0 radical (unpaired) electrons. The zero-order chi connectivity index (χ0) is 18.8. The Morgan fingerprint density at radius 1 is 1.07 bits per heavy atom. The molecule has 7 heteroatoms. The summed E-state index contributed by atoms with van der Waals surface area (Å²) in [6.45, 7) is 4.05. The van der Waals surface area contributed by atoms with Gasteiger partial charge in [-0.3, -0.25) is 0 Å². The molecular formula is C20H16FN3O3. The average Bonchev–Trinajstić information content (AvgIpc) is 3.13. The molecule has 0 amide bonds. The molecule has 6 nitrogen and oxygen atoms in total. The summed E-state index contributed by atoms with van der Waals surface area (Å²) in [4.78, 5) is 12.5. The molecule has 0 saturated heterocycles. The van der Waals surface area contributed by atoms with Crippen molar-refractivity contribution < 1.29 is 18.3 Å². The molecule has 0 N–H and O–H groups in total. The summed E-state index contributed by atoms with van der Waals surface area (Å²) < 4.78 is 31.5. The Morgan fingerprint density at radius 3 is 2.78 bits per heavy atom. The van der Waals surface area contributed by atoms with Crippen molar-refractivity contribution in [3.63, 3.8) is 0 Å². The number of rotatable bonds is 5. The topological polar surface area (TPSA) is 70.3 Å². The Labute approximate surface area is 154 Å². The van der Waals surface area contributed by atoms with Gasteiger partial charge in [0, 0.05) is 17.8 Å². The first kappa shape index (κ1) is 17.0. The second-order valence-electron chi connectivity index (χ2n) is 5.76. The maximum absolute atomic E-state index is 14.9. The molecule has 0 unspecified atom stereocenters. The van der Waals surface area contributed by atoms with Gasteiger partial charge < -0.3 is 13.9 Å². The van der Waals surface area contributed by atoms with Crippen LogP contribution in [0.5, 0.6) is 17.5 Å². The summed E-state index contributed by atoms with van der Waals surface area (Å²) in [5.74, 6) is 0.556. The second-order valence-corrected chi connectivity index (χ2v) is 5.76. The summed E-state index contributed by atoms with van der Waals surface area (Å²) in [6.07, 6.45) is 4.53. The molecular weight excluding hydrogens is 349 g/mol. The largest absolute Gasteiger partial charge is 0.477 e. The van der Waals surface area contributed by atoms with E-state index in [1.165, 1.54) is 12.4 Å². The minimum absolute atomic E-state index is 0.324. The van der Waals surface area contributed by atoms with Crippen LogP contribution in [0, 0.1) is 12.7 Å². The molecule has 0 aliphatic rings. The van der Waals surface area contributed by atoms with Crippen LogP contribution < -0.4 is 9.47 Å². The second kappa shape index (κ2) is 7.03. The quantitative estimate of drug-likeness (QED) is 0.500. The fourth-order valence-corrected chi connectivity index (χ4v) is 2.83. The van der Waals surface area contributed by atoms with E-state index in [2.05, 4.69) is 15.0 Å². The highest BCUT2D eigenvalue weighted by molar-refractivity contribution is 5.82. The molecule has 1 aromatic carbocycles. The van der Waals surface area contributed by atoms with E-state index in [1.54, 1.807) is 43.6 Å². The molecule has 3 aromatic heterocycles. The van der Waals surface area contributed by atoms with Crippen LogP contribution in [0.25, 0.3) is 22.1 Å². The predicted molar refractivity (Wildman–Crippen MR) is 97.4 cm³/mol. The number of furan rings is 1. The van der Waals surface area contributed by atoms with Crippen molar-refractivity contribution in [2.24, 2.45) is 0 Å². The molecule has 27 heavy (non-hydrogen) atoms. The Morgan fingerprint density at radius 2 is 1.96 bits per heavy atom. The van der Waals surface area contributed by atoms with Gasteiger partial charge in [-0.15, -0.1) is 0 Å². The maximum Gasteiger partial charge on any atom is 0.230 e. The number of benzene rings is 1. The van der Waals surface area contributed by atoms with E-state index in [0.717, 1.165) is 0 Å². The smallest absolute Gasteiger partial charge is 0.230 e. The fraction of sp³-hybridized carbons (Fsp3) is 0.150. The van der Waals surface area contributed by atoms with Crippen LogP contribution in [0.2, 0.25) is 0 Å². The number of halogens is 1. The number of aryl methyl sites for hydroxylation is 1. The summed E-state index contributed by atoms with van der Waals surface area (Å²) in [7, 11) is 0. The first-order valence-electron chi connectivity index (χ1n) is 8.41. The number of aromatic nitrogens is 3. The van der Waals surface area contributed by atoms with Crippen LogP contribution in [0.1, 0.15) is 12.6 Å². The first-order chi connectivity index (χ1) is 13.2. The lowest BCUT2D eigenvalue weighted by Gasteiger charge is -2.13. The maximum atomic E-state index is 14.9. The lowest BCUT2D eigenvalue weighted by atomic mass is 10.0. The van der Waals surface area contributed by atoms with E-state index < -0.39 is 5.82 Å². The lowest BCUT2D eigenvalue weighted by molar-refractivity contribution is 0.327. The third kappa shape index (κ3) is 3.19. The van der Waals surface area contributed by atoms with E-state index in [1.807, 2.05) is 6.92 Å². The number of hydrogen-bond donors (Lipinski definition) is 0. The van der Waals surface area contributed by atoms with Crippen LogP contribution in [-0.2, 0) is 0 Å². The Balaban J connectivity index is 1.71. The van der Waals surface area contributed by atoms with Gasteiger partial charge in [0.2, 0.25) is 11.8 Å². The molecule has 0 atom stereocenters. The van der Waals surface area contributed by atoms with Crippen LogP contribution in [0.4, 0.5) is 4.39 Å². The predicted octanol–water partition coefficient (Wildman–Crippen LogP) is 4.92. The van der Waals surface area contributed by atoms with Crippen molar-refractivity contribution in [1.29, 1.82) is 0 Å². The zero-order valence-corrected chi connectivity index (χ0v) is 14.8. The van der Waals surface area contributed by atoms with Gasteiger partial charge in [-0.1, -0.05) is 0 Å². The lowest BCUT2D eigenvalue weighted by Crippen LogP contribution is -2.01. The highest BCUT2D eigenvalue weighted by Gasteiger charge is 2.17. The molecule has 4 aromatic rings. The third-order valence-electron chi connectivity index (χ3n) is 4.05. The van der Waals surface area contributed by atoms with E-state index in [0.29, 0.717) is 51.9 Å². The van der Waals surface area contributed by atoms with Gasteiger partial charge in [-0.2, -0.15) is 0 Å². The average molecular weight is 365 g/mol. The molecule has 0 aliphatic carbocycles. The van der Waals surface area contributed by atoms with Gasteiger partial charge >= 0.3 is 0 Å². The molecule has 0 aliphatic heterocycles. The number of ether oxygens (including phenoxy) is 2. The summed E-state index contributed by atoms with van der Waals surface area (Å²) >= 11 is 0. The molecule has 3 heterocycles. The van der Waals surface area contributed by atoms with Gasteiger partial charge in [0.15, 0.2) is 0 Å². The molecule has 0 bridgehead atoms. The number of nitrogens with zero attached hydrogens (tertiary/aromatic N) is 3. The van der Waals surface area contributed by atoms with Crippen molar-refractivity contribution in [3.8, 4) is 28.6 Å². The number of hydrogen-bond acceptors (Lipinski definition) is 6. The normalized spacial score (nSPS) is 10.9. The van der Waals surface area contributed by atoms with Crippen LogP contribution in [0.3, 0.4) is 0 Å². The van der Waals surface area contributed by atoms with Crippen molar-refractivity contribution >= 4 is 11.0 Å². The molecule has 0 fully saturated rings. The summed E-state index contributed by atoms with van der Waals surface area (Å²) in [5.41, 5.74) is 2.15. The van der Waals surface area contributed by atoms with Crippen molar-refractivity contribution in [3.05, 3.63) is 60.6 Å². The minimum atomic E-state index is -0.467. The molecule has 0 saturated carbocycles.